The van der Waals surface area contributed by atoms with Crippen molar-refractivity contribution < 1.29 is 0 Å². The number of fused-ring (bicyclic) bond motifs is 2. The van der Waals surface area contributed by atoms with Gasteiger partial charge >= 0.3 is 0 Å². The van der Waals surface area contributed by atoms with E-state index in [9.17, 15) is 9.59 Å². The minimum Gasteiger partial charge on any atom is -0.309 e. The molecule has 0 saturated heterocycles. The molecule has 1 unspecified atom stereocenters. The number of aryl methyl sites for hydroxylation is 1. The largest absolute Gasteiger partial charge is 0.309 e. The summed E-state index contributed by atoms with van der Waals surface area (Å²) >= 11 is 18.4. The van der Waals surface area contributed by atoms with Gasteiger partial charge in [0.25, 0.3) is 11.1 Å². The SMILES string of the molecule is Cc1cnn(C(CCl)CN(Cc2nc3ccc(Cl)cc3c(=O)[nH]2)Cc2nc3ccc(Cl)cc3c(=O)[nH]2)c1. The van der Waals surface area contributed by atoms with E-state index in [2.05, 4.69) is 25.0 Å². The third-order valence-electron chi connectivity index (χ3n) is 5.93. The number of hydrogen-bond donors (Lipinski definition) is 2. The van der Waals surface area contributed by atoms with Gasteiger partial charge in [0.2, 0.25) is 0 Å². The molecule has 2 aromatic carbocycles. The Kier molecular flexibility index (Phi) is 7.30. The highest BCUT2D eigenvalue weighted by Gasteiger charge is 2.20. The Morgan fingerprint density at radius 2 is 1.46 bits per heavy atom. The summed E-state index contributed by atoms with van der Waals surface area (Å²) in [5.41, 5.74) is 1.52. The quantitative estimate of drug-likeness (QED) is 0.272. The summed E-state index contributed by atoms with van der Waals surface area (Å²) in [6.07, 6.45) is 3.69. The van der Waals surface area contributed by atoms with E-state index in [0.717, 1.165) is 5.56 Å². The van der Waals surface area contributed by atoms with Crippen LogP contribution in [0.3, 0.4) is 0 Å². The zero-order chi connectivity index (χ0) is 26.1. The molecule has 3 heterocycles. The number of nitrogens with zero attached hydrogens (tertiary/aromatic N) is 5. The summed E-state index contributed by atoms with van der Waals surface area (Å²) in [5, 5.41) is 6.15. The van der Waals surface area contributed by atoms with E-state index in [1.807, 2.05) is 22.7 Å². The Balaban J connectivity index is 1.50. The molecule has 0 aliphatic heterocycles. The molecule has 2 N–H and O–H groups in total. The van der Waals surface area contributed by atoms with E-state index in [1.165, 1.54) is 0 Å². The monoisotopic (exact) mass is 557 g/mol. The Morgan fingerprint density at radius 3 is 1.92 bits per heavy atom. The van der Waals surface area contributed by atoms with Gasteiger partial charge in [-0.1, -0.05) is 23.2 Å². The number of rotatable bonds is 8. The molecule has 1 atom stereocenters. The zero-order valence-corrected chi connectivity index (χ0v) is 22.0. The van der Waals surface area contributed by atoms with Gasteiger partial charge in [-0.15, -0.1) is 11.6 Å². The van der Waals surface area contributed by atoms with Crippen molar-refractivity contribution in [3.8, 4) is 0 Å². The zero-order valence-electron chi connectivity index (χ0n) is 19.7. The summed E-state index contributed by atoms with van der Waals surface area (Å²) in [5.74, 6) is 1.22. The van der Waals surface area contributed by atoms with E-state index in [-0.39, 0.29) is 30.2 Å². The Labute approximate surface area is 226 Å². The van der Waals surface area contributed by atoms with Crippen LogP contribution in [-0.4, -0.2) is 47.0 Å². The maximum atomic E-state index is 12.7. The average Bonchev–Trinajstić information content (AvgIpc) is 3.29. The number of halogens is 3. The molecule has 0 spiro atoms. The maximum absolute atomic E-state index is 12.7. The highest BCUT2D eigenvalue weighted by atomic mass is 35.5. The topological polar surface area (TPSA) is 113 Å². The fourth-order valence-electron chi connectivity index (χ4n) is 4.21. The van der Waals surface area contributed by atoms with Crippen LogP contribution in [-0.2, 0) is 13.1 Å². The second-order valence-corrected chi connectivity index (χ2v) is 10.0. The van der Waals surface area contributed by atoms with Crippen molar-refractivity contribution in [2.75, 3.05) is 12.4 Å². The maximum Gasteiger partial charge on any atom is 0.258 e. The molecule has 5 aromatic rings. The molecule has 190 valence electrons. The van der Waals surface area contributed by atoms with Crippen molar-refractivity contribution in [1.29, 1.82) is 0 Å². The normalized spacial score (nSPS) is 12.6. The molecule has 0 aliphatic rings. The van der Waals surface area contributed by atoms with Crippen molar-refractivity contribution in [1.82, 2.24) is 34.6 Å². The lowest BCUT2D eigenvalue weighted by atomic mass is 10.2. The van der Waals surface area contributed by atoms with Gasteiger partial charge in [-0.05, 0) is 48.9 Å². The van der Waals surface area contributed by atoms with Gasteiger partial charge < -0.3 is 9.97 Å². The second kappa shape index (κ2) is 10.6. The Morgan fingerprint density at radius 1 is 0.919 bits per heavy atom. The van der Waals surface area contributed by atoms with E-state index < -0.39 is 0 Å². The van der Waals surface area contributed by atoms with Gasteiger partial charge in [0.1, 0.15) is 11.6 Å². The van der Waals surface area contributed by atoms with Crippen molar-refractivity contribution in [2.45, 2.75) is 26.1 Å². The lowest BCUT2D eigenvalue weighted by Gasteiger charge is -2.26. The van der Waals surface area contributed by atoms with Crippen LogP contribution < -0.4 is 11.1 Å². The smallest absolute Gasteiger partial charge is 0.258 e. The van der Waals surface area contributed by atoms with Crippen LogP contribution in [0.15, 0.2) is 58.4 Å². The number of alkyl halides is 1. The van der Waals surface area contributed by atoms with Crippen molar-refractivity contribution >= 4 is 56.6 Å². The van der Waals surface area contributed by atoms with Crippen LogP contribution >= 0.6 is 34.8 Å². The third-order valence-corrected chi connectivity index (χ3v) is 6.76. The Hall–Kier alpha value is -3.24. The third kappa shape index (κ3) is 5.70. The van der Waals surface area contributed by atoms with Crippen LogP contribution in [0.4, 0.5) is 0 Å². The predicted molar refractivity (Wildman–Crippen MR) is 146 cm³/mol. The van der Waals surface area contributed by atoms with Gasteiger partial charge in [-0.25, -0.2) is 9.97 Å². The molecule has 0 fully saturated rings. The second-order valence-electron chi connectivity index (χ2n) is 8.82. The summed E-state index contributed by atoms with van der Waals surface area (Å²) in [6.45, 7) is 2.95. The van der Waals surface area contributed by atoms with E-state index in [4.69, 9.17) is 34.8 Å². The molecule has 5 rings (SSSR count). The van der Waals surface area contributed by atoms with E-state index in [0.29, 0.717) is 55.9 Å². The molecule has 0 aliphatic carbocycles. The molecule has 9 nitrogen and oxygen atoms in total. The van der Waals surface area contributed by atoms with Gasteiger partial charge in [-0.2, -0.15) is 5.10 Å². The fourth-order valence-corrected chi connectivity index (χ4v) is 4.79. The lowest BCUT2D eigenvalue weighted by molar-refractivity contribution is 0.207. The summed E-state index contributed by atoms with van der Waals surface area (Å²) < 4.78 is 1.81. The van der Waals surface area contributed by atoms with Crippen LogP contribution in [0.1, 0.15) is 23.3 Å². The highest BCUT2D eigenvalue weighted by molar-refractivity contribution is 6.31. The highest BCUT2D eigenvalue weighted by Crippen LogP contribution is 2.19. The van der Waals surface area contributed by atoms with Crippen molar-refractivity contribution in [3.05, 3.63) is 96.8 Å². The number of nitrogens with one attached hydrogen (secondary N) is 2. The Bertz CT molecular complexity index is 1610. The minimum absolute atomic E-state index is 0.174. The van der Waals surface area contributed by atoms with Crippen LogP contribution in [0.5, 0.6) is 0 Å². The van der Waals surface area contributed by atoms with Gasteiger partial charge in [0, 0.05) is 28.7 Å². The molecular weight excluding hydrogens is 537 g/mol. The average molecular weight is 559 g/mol. The van der Waals surface area contributed by atoms with Crippen molar-refractivity contribution in [2.24, 2.45) is 0 Å². The van der Waals surface area contributed by atoms with E-state index >= 15 is 0 Å². The molecule has 3 aromatic heterocycles. The molecule has 0 bridgehead atoms. The van der Waals surface area contributed by atoms with Crippen LogP contribution in [0.2, 0.25) is 10.0 Å². The van der Waals surface area contributed by atoms with Gasteiger partial charge in [0.05, 0.1) is 47.1 Å². The number of hydrogen-bond acceptors (Lipinski definition) is 6. The summed E-state index contributed by atoms with van der Waals surface area (Å²) in [6, 6.07) is 9.81. The number of H-pyrrole nitrogens is 2. The standard InChI is InChI=1S/C25H22Cl3N7O2/c1-14-9-29-35(10-14)17(8-26)11-34(12-22-30-20-4-2-15(27)6-18(20)24(36)32-22)13-23-31-21-5-3-16(28)7-19(21)25(37)33-23/h2-7,9-10,17H,8,11-13H2,1H3,(H,30,32,36)(H,31,33,37). The summed E-state index contributed by atoms with van der Waals surface area (Å²) in [4.78, 5) is 42.4. The first-order valence-corrected chi connectivity index (χ1v) is 12.7. The first-order valence-electron chi connectivity index (χ1n) is 11.4. The minimum atomic E-state index is -0.284. The molecule has 12 heteroatoms. The molecular formula is C25H22Cl3N7O2. The number of benzene rings is 2. The van der Waals surface area contributed by atoms with Crippen molar-refractivity contribution in [3.63, 3.8) is 0 Å². The van der Waals surface area contributed by atoms with Gasteiger partial charge in [0.15, 0.2) is 0 Å². The van der Waals surface area contributed by atoms with Crippen LogP contribution in [0, 0.1) is 6.92 Å². The predicted octanol–water partition coefficient (Wildman–Crippen LogP) is 4.45. The molecule has 37 heavy (non-hydrogen) atoms. The lowest BCUT2D eigenvalue weighted by Crippen LogP contribution is -2.34. The molecule has 0 radical (unpaired) electrons. The van der Waals surface area contributed by atoms with Gasteiger partial charge in [-0.3, -0.25) is 19.2 Å². The van der Waals surface area contributed by atoms with Crippen LogP contribution in [0.25, 0.3) is 21.8 Å². The fraction of sp³-hybridized carbons (Fsp3) is 0.240. The van der Waals surface area contributed by atoms with E-state index in [1.54, 1.807) is 42.6 Å². The number of aromatic nitrogens is 6. The molecule has 0 saturated carbocycles. The first kappa shape index (κ1) is 25.4. The molecule has 0 amide bonds. The summed E-state index contributed by atoms with van der Waals surface area (Å²) in [7, 11) is 0. The number of aromatic amines is 2. The first-order chi connectivity index (χ1) is 17.8.